The highest BCUT2D eigenvalue weighted by atomic mass is 35.5. The monoisotopic (exact) mass is 375 g/mol. The van der Waals surface area contributed by atoms with Crippen LogP contribution in [0.3, 0.4) is 0 Å². The molecule has 0 spiro atoms. The second-order valence-electron chi connectivity index (χ2n) is 6.44. The molecule has 0 unspecified atom stereocenters. The van der Waals surface area contributed by atoms with Crippen molar-refractivity contribution >= 4 is 11.6 Å². The summed E-state index contributed by atoms with van der Waals surface area (Å²) in [6.07, 6.45) is 0. The molecule has 134 valence electrons. The van der Waals surface area contributed by atoms with E-state index in [2.05, 4.69) is 5.10 Å². The van der Waals surface area contributed by atoms with Gasteiger partial charge in [0.25, 0.3) is 0 Å². The predicted molar refractivity (Wildman–Crippen MR) is 109 cm³/mol. The molecule has 0 atom stereocenters. The van der Waals surface area contributed by atoms with E-state index in [1.165, 1.54) is 4.68 Å². The van der Waals surface area contributed by atoms with E-state index in [4.69, 9.17) is 11.6 Å². The Hall–Kier alpha value is -3.11. The Labute approximate surface area is 162 Å². The average Bonchev–Trinajstić information content (AvgIpc) is 3.02. The van der Waals surface area contributed by atoms with Crippen molar-refractivity contribution < 1.29 is 0 Å². The summed E-state index contributed by atoms with van der Waals surface area (Å²) in [5.74, 6) is 0.585. The Bertz CT molecular complexity index is 1180. The Morgan fingerprint density at radius 3 is 2.22 bits per heavy atom. The van der Waals surface area contributed by atoms with Gasteiger partial charge >= 0.3 is 5.69 Å². The van der Waals surface area contributed by atoms with Crippen molar-refractivity contribution in [3.05, 3.63) is 99.4 Å². The van der Waals surface area contributed by atoms with Gasteiger partial charge in [0.05, 0.1) is 11.4 Å². The van der Waals surface area contributed by atoms with Crippen molar-refractivity contribution in [1.82, 2.24) is 14.3 Å². The topological polar surface area (TPSA) is 39.8 Å². The van der Waals surface area contributed by atoms with Crippen LogP contribution in [-0.2, 0) is 0 Å². The van der Waals surface area contributed by atoms with Crippen molar-refractivity contribution in [2.45, 2.75) is 13.8 Å². The van der Waals surface area contributed by atoms with Crippen LogP contribution in [0.1, 0.15) is 11.1 Å². The third kappa shape index (κ3) is 3.09. The van der Waals surface area contributed by atoms with Crippen LogP contribution in [0.4, 0.5) is 0 Å². The van der Waals surface area contributed by atoms with Gasteiger partial charge in [-0.3, -0.25) is 0 Å². The van der Waals surface area contributed by atoms with E-state index in [9.17, 15) is 4.79 Å². The van der Waals surface area contributed by atoms with Crippen LogP contribution in [0.15, 0.2) is 77.6 Å². The zero-order valence-corrected chi connectivity index (χ0v) is 15.8. The van der Waals surface area contributed by atoms with Crippen molar-refractivity contribution in [3.63, 3.8) is 0 Å². The maximum absolute atomic E-state index is 13.3. The Balaban J connectivity index is 2.04. The summed E-state index contributed by atoms with van der Waals surface area (Å²) < 4.78 is 3.04. The van der Waals surface area contributed by atoms with Crippen LogP contribution in [0.25, 0.3) is 22.8 Å². The quantitative estimate of drug-likeness (QED) is 0.507. The molecule has 4 rings (SSSR count). The van der Waals surface area contributed by atoms with E-state index in [1.54, 1.807) is 10.6 Å². The summed E-state index contributed by atoms with van der Waals surface area (Å²) >= 11 is 6.33. The zero-order valence-electron chi connectivity index (χ0n) is 15.1. The number of aryl methyl sites for hydroxylation is 2. The molecule has 3 aromatic carbocycles. The number of rotatable bonds is 3. The third-order valence-corrected chi connectivity index (χ3v) is 4.99. The molecule has 0 amide bonds. The van der Waals surface area contributed by atoms with Gasteiger partial charge in [0.1, 0.15) is 0 Å². The lowest BCUT2D eigenvalue weighted by molar-refractivity contribution is 0.830. The van der Waals surface area contributed by atoms with E-state index in [-0.39, 0.29) is 5.69 Å². The standard InChI is InChI=1S/C22H18ClN3O/c1-15-8-6-7-11-19(15)21-24-26(17-9-4-3-5-10-17)22(27)25(21)18-13-12-16(2)20(23)14-18/h3-14H,1-2H3. The van der Waals surface area contributed by atoms with E-state index in [0.29, 0.717) is 22.2 Å². The van der Waals surface area contributed by atoms with Crippen molar-refractivity contribution in [3.8, 4) is 22.8 Å². The molecule has 4 nitrogen and oxygen atoms in total. The first-order chi connectivity index (χ1) is 13.1. The number of halogens is 1. The fraction of sp³-hybridized carbons (Fsp3) is 0.0909. The van der Waals surface area contributed by atoms with Gasteiger partial charge in [-0.15, -0.1) is 5.10 Å². The molecule has 27 heavy (non-hydrogen) atoms. The van der Waals surface area contributed by atoms with Crippen molar-refractivity contribution in [1.29, 1.82) is 0 Å². The summed E-state index contributed by atoms with van der Waals surface area (Å²) in [5, 5.41) is 5.28. The second-order valence-corrected chi connectivity index (χ2v) is 6.84. The van der Waals surface area contributed by atoms with Crippen LogP contribution in [0, 0.1) is 13.8 Å². The van der Waals surface area contributed by atoms with Gasteiger partial charge in [0.15, 0.2) is 5.82 Å². The Morgan fingerprint density at radius 1 is 0.815 bits per heavy atom. The highest BCUT2D eigenvalue weighted by Crippen LogP contribution is 2.26. The molecule has 0 aliphatic carbocycles. The van der Waals surface area contributed by atoms with Crippen molar-refractivity contribution in [2.75, 3.05) is 0 Å². The molecule has 0 aliphatic rings. The smallest absolute Gasteiger partial charge is 0.245 e. The third-order valence-electron chi connectivity index (χ3n) is 4.58. The number of para-hydroxylation sites is 1. The predicted octanol–water partition coefficient (Wildman–Crippen LogP) is 4.96. The summed E-state index contributed by atoms with van der Waals surface area (Å²) in [6, 6.07) is 22.9. The van der Waals surface area contributed by atoms with E-state index in [0.717, 1.165) is 16.7 Å². The van der Waals surface area contributed by atoms with E-state index < -0.39 is 0 Å². The van der Waals surface area contributed by atoms with E-state index >= 15 is 0 Å². The molecule has 0 saturated heterocycles. The SMILES string of the molecule is Cc1ccc(-n2c(-c3ccccc3C)nn(-c3ccccc3)c2=O)cc1Cl. The maximum atomic E-state index is 13.3. The minimum atomic E-state index is -0.237. The molecule has 0 aliphatic heterocycles. The maximum Gasteiger partial charge on any atom is 0.355 e. The largest absolute Gasteiger partial charge is 0.355 e. The first-order valence-electron chi connectivity index (χ1n) is 8.66. The lowest BCUT2D eigenvalue weighted by Crippen LogP contribution is -2.23. The van der Waals surface area contributed by atoms with Gasteiger partial charge in [-0.2, -0.15) is 4.68 Å². The molecule has 0 fully saturated rings. The Morgan fingerprint density at radius 2 is 1.52 bits per heavy atom. The van der Waals surface area contributed by atoms with Gasteiger partial charge in [0, 0.05) is 10.6 Å². The lowest BCUT2D eigenvalue weighted by Gasteiger charge is -2.09. The molecule has 0 N–H and O–H groups in total. The second kappa shape index (κ2) is 6.89. The number of aromatic nitrogens is 3. The molecule has 0 saturated carbocycles. The van der Waals surface area contributed by atoms with Gasteiger partial charge in [-0.25, -0.2) is 9.36 Å². The van der Waals surface area contributed by atoms with Crippen LogP contribution >= 0.6 is 11.6 Å². The van der Waals surface area contributed by atoms with Gasteiger partial charge in [-0.05, 0) is 49.2 Å². The molecule has 0 bridgehead atoms. The first kappa shape index (κ1) is 17.3. The minimum absolute atomic E-state index is 0.237. The highest BCUT2D eigenvalue weighted by molar-refractivity contribution is 6.31. The molecular weight excluding hydrogens is 358 g/mol. The summed E-state index contributed by atoms with van der Waals surface area (Å²) in [6.45, 7) is 3.94. The number of hydrogen-bond acceptors (Lipinski definition) is 2. The van der Waals surface area contributed by atoms with Gasteiger partial charge in [0.2, 0.25) is 0 Å². The fourth-order valence-electron chi connectivity index (χ4n) is 3.06. The summed E-state index contributed by atoms with van der Waals surface area (Å²) in [7, 11) is 0. The molecule has 4 aromatic rings. The lowest BCUT2D eigenvalue weighted by atomic mass is 10.1. The van der Waals surface area contributed by atoms with Crippen LogP contribution in [0.5, 0.6) is 0 Å². The van der Waals surface area contributed by atoms with E-state index in [1.807, 2.05) is 80.6 Å². The van der Waals surface area contributed by atoms with Gasteiger partial charge in [-0.1, -0.05) is 60.1 Å². The van der Waals surface area contributed by atoms with Crippen molar-refractivity contribution in [2.24, 2.45) is 0 Å². The van der Waals surface area contributed by atoms with Crippen LogP contribution in [0.2, 0.25) is 5.02 Å². The molecule has 5 heteroatoms. The first-order valence-corrected chi connectivity index (χ1v) is 9.04. The summed E-state index contributed by atoms with van der Waals surface area (Å²) in [5.41, 5.74) is 4.08. The molecular formula is C22H18ClN3O. The number of benzene rings is 3. The Kier molecular flexibility index (Phi) is 4.42. The average molecular weight is 376 g/mol. The molecule has 1 heterocycles. The molecule has 0 radical (unpaired) electrons. The van der Waals surface area contributed by atoms with Crippen LogP contribution < -0.4 is 5.69 Å². The minimum Gasteiger partial charge on any atom is -0.245 e. The highest BCUT2D eigenvalue weighted by Gasteiger charge is 2.19. The normalized spacial score (nSPS) is 10.9. The van der Waals surface area contributed by atoms with Crippen LogP contribution in [-0.4, -0.2) is 14.3 Å². The zero-order chi connectivity index (χ0) is 19.0. The number of nitrogens with zero attached hydrogens (tertiary/aromatic N) is 3. The van der Waals surface area contributed by atoms with Gasteiger partial charge < -0.3 is 0 Å². The summed E-state index contributed by atoms with van der Waals surface area (Å²) in [4.78, 5) is 13.3. The molecule has 1 aromatic heterocycles. The number of hydrogen-bond donors (Lipinski definition) is 0. The fourth-order valence-corrected chi connectivity index (χ4v) is 3.23.